The Morgan fingerprint density at radius 3 is 1.35 bits per heavy atom. The Morgan fingerprint density at radius 1 is 0.490 bits per heavy atom. The van der Waals surface area contributed by atoms with Crippen LogP contribution in [0.15, 0.2) is 109 Å². The SMILES string of the molecule is Bc1c(O)c(C(C)CC)c(B)c(O)c1-c1c(B)c(O)c(N(c2ccc(-c3ccccc3)cc2)c2ccc(-c3ccccc3)cc2)c(O)c1O. The van der Waals surface area contributed by atoms with Gasteiger partial charge < -0.3 is 30.4 Å². The van der Waals surface area contributed by atoms with Crippen LogP contribution in [-0.4, -0.2) is 49.1 Å². The van der Waals surface area contributed by atoms with Crippen molar-refractivity contribution in [1.29, 1.82) is 0 Å². The molecule has 1 unspecified atom stereocenters. The van der Waals surface area contributed by atoms with Crippen molar-refractivity contribution >= 4 is 57.0 Å². The third-order valence-electron chi connectivity index (χ3n) is 9.67. The van der Waals surface area contributed by atoms with Crippen molar-refractivity contribution in [2.45, 2.75) is 26.2 Å². The average Bonchev–Trinajstić information content (AvgIpc) is 3.14. The van der Waals surface area contributed by atoms with Crippen LogP contribution in [0, 0.1) is 0 Å². The molecule has 0 saturated heterocycles. The van der Waals surface area contributed by atoms with Crippen LogP contribution in [0.3, 0.4) is 0 Å². The van der Waals surface area contributed by atoms with Crippen LogP contribution in [0.4, 0.5) is 17.1 Å². The fraction of sp³-hybridized carbons (Fsp3) is 0.100. The standard InChI is InChI=1S/C40H38B3NO5/c1-3-22(2)29-32(41)37(46)30(33(42)36(29)45)31-34(43)39(48)35(40(49)38(31)47)44(27-18-14-25(15-19-27)23-10-6-4-7-11-23)28-20-16-26(17-21-28)24-12-8-5-9-13-24/h4-22,45-49H,3,41-43H2,1-2H3. The molecule has 0 aromatic heterocycles. The first-order chi connectivity index (χ1) is 23.5. The lowest BCUT2D eigenvalue weighted by molar-refractivity contribution is 0.400. The molecule has 6 aromatic carbocycles. The molecule has 6 nitrogen and oxygen atoms in total. The summed E-state index contributed by atoms with van der Waals surface area (Å²) in [6, 6.07) is 35.4. The predicted octanol–water partition coefficient (Wildman–Crippen LogP) is 4.97. The Morgan fingerprint density at radius 2 is 0.898 bits per heavy atom. The highest BCUT2D eigenvalue weighted by atomic mass is 16.3. The average molecular weight is 645 g/mol. The predicted molar refractivity (Wildman–Crippen MR) is 209 cm³/mol. The van der Waals surface area contributed by atoms with Crippen LogP contribution in [-0.2, 0) is 0 Å². The van der Waals surface area contributed by atoms with Gasteiger partial charge in [0.05, 0.1) is 0 Å². The lowest BCUT2D eigenvalue weighted by atomic mass is 9.72. The smallest absolute Gasteiger partial charge is 0.186 e. The zero-order valence-electron chi connectivity index (χ0n) is 28.4. The third-order valence-corrected chi connectivity index (χ3v) is 9.67. The molecular weight excluding hydrogens is 607 g/mol. The van der Waals surface area contributed by atoms with Gasteiger partial charge in [0.2, 0.25) is 0 Å². The van der Waals surface area contributed by atoms with Crippen LogP contribution in [0.25, 0.3) is 33.4 Å². The van der Waals surface area contributed by atoms with E-state index in [0.717, 1.165) is 28.7 Å². The summed E-state index contributed by atoms with van der Waals surface area (Å²) in [5.74, 6) is -1.51. The van der Waals surface area contributed by atoms with Gasteiger partial charge in [-0.2, -0.15) is 0 Å². The zero-order valence-corrected chi connectivity index (χ0v) is 28.4. The fourth-order valence-electron chi connectivity index (χ4n) is 6.71. The third kappa shape index (κ3) is 5.86. The van der Waals surface area contributed by atoms with E-state index in [9.17, 15) is 25.5 Å². The van der Waals surface area contributed by atoms with E-state index in [0.29, 0.717) is 27.9 Å². The van der Waals surface area contributed by atoms with Gasteiger partial charge in [0, 0.05) is 22.5 Å². The molecule has 5 N–H and O–H groups in total. The molecule has 0 heterocycles. The molecule has 0 aliphatic carbocycles. The number of phenolic OH excluding ortho intramolecular Hbond substituents is 5. The molecule has 6 rings (SSSR count). The van der Waals surface area contributed by atoms with Gasteiger partial charge in [0.25, 0.3) is 0 Å². The number of phenols is 5. The Labute approximate surface area is 289 Å². The van der Waals surface area contributed by atoms with Crippen molar-refractivity contribution in [2.75, 3.05) is 4.90 Å². The van der Waals surface area contributed by atoms with E-state index in [-0.39, 0.29) is 45.4 Å². The first kappa shape index (κ1) is 33.2. The molecule has 9 heteroatoms. The maximum absolute atomic E-state index is 11.9. The summed E-state index contributed by atoms with van der Waals surface area (Å²) in [5.41, 5.74) is 7.20. The second-order valence-corrected chi connectivity index (χ2v) is 12.6. The van der Waals surface area contributed by atoms with Gasteiger partial charge in [-0.25, -0.2) is 0 Å². The van der Waals surface area contributed by atoms with Gasteiger partial charge in [-0.15, -0.1) is 0 Å². The number of rotatable bonds is 8. The van der Waals surface area contributed by atoms with E-state index >= 15 is 0 Å². The highest BCUT2D eigenvalue weighted by Gasteiger charge is 2.31. The van der Waals surface area contributed by atoms with Gasteiger partial charge in [-0.05, 0) is 80.8 Å². The summed E-state index contributed by atoms with van der Waals surface area (Å²) in [7, 11) is 5.00. The number of anilines is 3. The molecule has 0 aliphatic heterocycles. The first-order valence-corrected chi connectivity index (χ1v) is 16.5. The molecule has 0 spiro atoms. The minimum absolute atomic E-state index is 0.0140. The van der Waals surface area contributed by atoms with Gasteiger partial charge in [-0.1, -0.05) is 98.8 Å². The van der Waals surface area contributed by atoms with Crippen molar-refractivity contribution in [1.82, 2.24) is 0 Å². The molecule has 0 amide bonds. The normalized spacial score (nSPS) is 11.7. The molecule has 242 valence electrons. The fourth-order valence-corrected chi connectivity index (χ4v) is 6.71. The Bertz CT molecular complexity index is 2000. The summed E-state index contributed by atoms with van der Waals surface area (Å²) in [6.07, 6.45) is 0.752. The Kier molecular flexibility index (Phi) is 9.11. The van der Waals surface area contributed by atoms with Gasteiger partial charge in [-0.3, -0.25) is 0 Å². The van der Waals surface area contributed by atoms with Crippen molar-refractivity contribution in [3.05, 3.63) is 115 Å². The van der Waals surface area contributed by atoms with Gasteiger partial charge >= 0.3 is 0 Å². The molecule has 0 aliphatic rings. The van der Waals surface area contributed by atoms with E-state index in [1.807, 2.05) is 123 Å². The van der Waals surface area contributed by atoms with Crippen LogP contribution in [0.1, 0.15) is 31.7 Å². The van der Waals surface area contributed by atoms with Crippen LogP contribution >= 0.6 is 0 Å². The minimum Gasteiger partial charge on any atom is -0.508 e. The second kappa shape index (κ2) is 13.4. The molecule has 1 atom stereocenters. The summed E-state index contributed by atoms with van der Waals surface area (Å²) in [5, 5.41) is 58.3. The maximum atomic E-state index is 11.9. The topological polar surface area (TPSA) is 104 Å². The lowest BCUT2D eigenvalue weighted by Crippen LogP contribution is -2.25. The van der Waals surface area contributed by atoms with Gasteiger partial charge in [0.15, 0.2) is 11.5 Å². The number of hydrogen-bond acceptors (Lipinski definition) is 6. The van der Waals surface area contributed by atoms with Crippen molar-refractivity contribution < 1.29 is 25.5 Å². The monoisotopic (exact) mass is 645 g/mol. The number of benzene rings is 6. The minimum atomic E-state index is -0.570. The molecule has 0 bridgehead atoms. The van der Waals surface area contributed by atoms with E-state index < -0.39 is 11.5 Å². The second-order valence-electron chi connectivity index (χ2n) is 12.6. The number of aromatic hydroxyl groups is 5. The molecular formula is C40H38B3NO5. The number of hydrogen-bond donors (Lipinski definition) is 5. The van der Waals surface area contributed by atoms with Crippen molar-refractivity contribution in [3.8, 4) is 62.1 Å². The van der Waals surface area contributed by atoms with Crippen LogP contribution < -0.4 is 21.3 Å². The summed E-state index contributed by atoms with van der Waals surface area (Å²) in [4.78, 5) is 1.70. The van der Waals surface area contributed by atoms with E-state index in [1.165, 1.54) is 0 Å². The summed E-state index contributed by atoms with van der Waals surface area (Å²) < 4.78 is 0. The van der Waals surface area contributed by atoms with Crippen LogP contribution in [0.2, 0.25) is 0 Å². The van der Waals surface area contributed by atoms with Crippen molar-refractivity contribution in [2.24, 2.45) is 0 Å². The summed E-state index contributed by atoms with van der Waals surface area (Å²) in [6.45, 7) is 3.98. The molecule has 0 saturated carbocycles. The lowest BCUT2D eigenvalue weighted by Gasteiger charge is -2.30. The molecule has 0 fully saturated rings. The maximum Gasteiger partial charge on any atom is 0.186 e. The zero-order chi connectivity index (χ0) is 35.0. The highest BCUT2D eigenvalue weighted by Crippen LogP contribution is 2.52. The van der Waals surface area contributed by atoms with Gasteiger partial charge in [0.1, 0.15) is 46.5 Å². The Hall–Kier alpha value is -5.69. The molecule has 49 heavy (non-hydrogen) atoms. The van der Waals surface area contributed by atoms with E-state index in [2.05, 4.69) is 0 Å². The van der Waals surface area contributed by atoms with E-state index in [4.69, 9.17) is 0 Å². The first-order valence-electron chi connectivity index (χ1n) is 16.5. The molecule has 6 aromatic rings. The van der Waals surface area contributed by atoms with Crippen molar-refractivity contribution in [3.63, 3.8) is 0 Å². The van der Waals surface area contributed by atoms with E-state index in [1.54, 1.807) is 28.4 Å². The molecule has 0 radical (unpaired) electrons. The quantitative estimate of drug-likeness (QED) is 0.0911. The highest BCUT2D eigenvalue weighted by molar-refractivity contribution is 6.46. The summed E-state index contributed by atoms with van der Waals surface area (Å²) >= 11 is 0. The van der Waals surface area contributed by atoms with Crippen LogP contribution in [0.5, 0.6) is 28.7 Å². The Balaban J connectivity index is 1.55. The number of nitrogens with zero attached hydrogens (tertiary/aromatic N) is 1. The largest absolute Gasteiger partial charge is 0.508 e.